The Morgan fingerprint density at radius 2 is 0.923 bits per heavy atom. The summed E-state index contributed by atoms with van der Waals surface area (Å²) in [4.78, 5) is 3.07. The largest absolute Gasteiger partial charge is 0.224 e. The summed E-state index contributed by atoms with van der Waals surface area (Å²) in [5, 5.41) is 39.0. The average molecular weight is 805 g/mol. The van der Waals surface area contributed by atoms with E-state index in [0.717, 1.165) is 11.1 Å². The standard InChI is InChI=1S/C34H22Cl4N12S2/c35-25-13-7-15-27(29(25)37)49-33(23(17-39-49)31-41-45-47(43-31)19-21-9-3-1-4-10-21)51-52-34-24(18-40-50(34)28-16-8-14-26(36)30(28)38)32-42-46-48(44-32)20-22-11-5-2-6-12-22/h1-18H,19-20H2. The van der Waals surface area contributed by atoms with Gasteiger partial charge in [-0.3, -0.25) is 0 Å². The highest BCUT2D eigenvalue weighted by Gasteiger charge is 2.26. The zero-order valence-corrected chi connectivity index (χ0v) is 31.2. The summed E-state index contributed by atoms with van der Waals surface area (Å²) in [6, 6.07) is 30.5. The topological polar surface area (TPSA) is 123 Å². The van der Waals surface area contributed by atoms with Crippen LogP contribution in [0.5, 0.6) is 0 Å². The van der Waals surface area contributed by atoms with Crippen LogP contribution >= 0.6 is 68.0 Å². The van der Waals surface area contributed by atoms with Gasteiger partial charge in [-0.1, -0.05) is 119 Å². The molecule has 0 aliphatic rings. The summed E-state index contributed by atoms with van der Waals surface area (Å²) in [5.41, 5.74) is 4.44. The van der Waals surface area contributed by atoms with Gasteiger partial charge in [-0.05, 0) is 67.4 Å². The molecule has 0 spiro atoms. The number of rotatable bonds is 11. The lowest BCUT2D eigenvalue weighted by molar-refractivity contribution is 0.573. The van der Waals surface area contributed by atoms with E-state index in [1.54, 1.807) is 46.0 Å². The highest BCUT2D eigenvalue weighted by molar-refractivity contribution is 8.76. The van der Waals surface area contributed by atoms with Crippen LogP contribution in [0.25, 0.3) is 34.2 Å². The summed E-state index contributed by atoms with van der Waals surface area (Å²) in [7, 11) is 2.74. The van der Waals surface area contributed by atoms with Gasteiger partial charge >= 0.3 is 0 Å². The molecular formula is C34H22Cl4N12S2. The molecule has 0 amide bonds. The van der Waals surface area contributed by atoms with Crippen molar-refractivity contribution in [3.05, 3.63) is 141 Å². The predicted octanol–water partition coefficient (Wildman–Crippen LogP) is 8.87. The van der Waals surface area contributed by atoms with Crippen LogP contribution in [-0.4, -0.2) is 60.0 Å². The number of halogens is 4. The van der Waals surface area contributed by atoms with Gasteiger partial charge in [0.05, 0.1) is 68.1 Å². The molecule has 0 bridgehead atoms. The molecule has 18 heteroatoms. The van der Waals surface area contributed by atoms with Crippen LogP contribution in [0.4, 0.5) is 0 Å². The second-order valence-electron chi connectivity index (χ2n) is 11.1. The number of aromatic nitrogens is 12. The third kappa shape index (κ3) is 7.05. The first-order chi connectivity index (χ1) is 25.4. The van der Waals surface area contributed by atoms with Gasteiger partial charge in [-0.25, -0.2) is 9.36 Å². The molecule has 0 radical (unpaired) electrons. The van der Waals surface area contributed by atoms with E-state index in [2.05, 4.69) is 20.6 Å². The minimum absolute atomic E-state index is 0.335. The van der Waals surface area contributed by atoms with Gasteiger partial charge in [-0.2, -0.15) is 19.8 Å². The maximum Gasteiger partial charge on any atom is 0.209 e. The van der Waals surface area contributed by atoms with Crippen LogP contribution in [0.2, 0.25) is 20.1 Å². The van der Waals surface area contributed by atoms with Crippen LogP contribution in [0.3, 0.4) is 0 Å². The van der Waals surface area contributed by atoms with Crippen molar-refractivity contribution in [1.29, 1.82) is 0 Å². The van der Waals surface area contributed by atoms with Gasteiger partial charge in [0.25, 0.3) is 0 Å². The van der Waals surface area contributed by atoms with Crippen molar-refractivity contribution >= 4 is 68.0 Å². The summed E-state index contributed by atoms with van der Waals surface area (Å²) in [5.74, 6) is 0.751. The zero-order chi connectivity index (χ0) is 35.6. The van der Waals surface area contributed by atoms with Crippen LogP contribution < -0.4 is 0 Å². The monoisotopic (exact) mass is 802 g/mol. The van der Waals surface area contributed by atoms with Gasteiger partial charge in [0.1, 0.15) is 10.1 Å². The van der Waals surface area contributed by atoms with Crippen molar-refractivity contribution < 1.29 is 0 Å². The summed E-state index contributed by atoms with van der Waals surface area (Å²) in [6.45, 7) is 0.889. The second kappa shape index (κ2) is 15.1. The fraction of sp³-hybridized carbons (Fsp3) is 0.0588. The van der Waals surface area contributed by atoms with Gasteiger partial charge in [0, 0.05) is 0 Å². The minimum atomic E-state index is 0.335. The maximum atomic E-state index is 6.73. The third-order valence-corrected chi connectivity index (χ3v) is 11.7. The van der Waals surface area contributed by atoms with Gasteiger partial charge in [-0.15, -0.1) is 20.4 Å². The van der Waals surface area contributed by atoms with Crippen molar-refractivity contribution in [1.82, 2.24) is 60.0 Å². The number of hydrogen-bond donors (Lipinski definition) is 0. The highest BCUT2D eigenvalue weighted by atomic mass is 35.5. The Bertz CT molecular complexity index is 2330. The molecule has 0 saturated heterocycles. The molecule has 0 fully saturated rings. The molecule has 0 aliphatic carbocycles. The molecule has 8 aromatic rings. The van der Waals surface area contributed by atoms with Crippen LogP contribution in [0.1, 0.15) is 11.1 Å². The first-order valence-electron chi connectivity index (χ1n) is 15.5. The molecular weight excluding hydrogens is 782 g/mol. The maximum absolute atomic E-state index is 6.73. The molecule has 4 heterocycles. The van der Waals surface area contributed by atoms with E-state index >= 15 is 0 Å². The van der Waals surface area contributed by atoms with E-state index in [1.165, 1.54) is 31.2 Å². The SMILES string of the molecule is Clc1cccc(-n2ncc(-c3nnn(Cc4ccccc4)n3)c2SSc2c(-c3nnn(Cc4ccccc4)n3)cnn2-c2cccc(Cl)c2Cl)c1Cl. The molecule has 12 nitrogen and oxygen atoms in total. The van der Waals surface area contributed by atoms with Crippen molar-refractivity contribution in [2.75, 3.05) is 0 Å². The Morgan fingerprint density at radius 3 is 1.35 bits per heavy atom. The van der Waals surface area contributed by atoms with Crippen LogP contribution in [-0.2, 0) is 13.1 Å². The van der Waals surface area contributed by atoms with Gasteiger partial charge in [0.2, 0.25) is 11.6 Å². The fourth-order valence-electron chi connectivity index (χ4n) is 5.21. The molecule has 4 aromatic heterocycles. The Morgan fingerprint density at radius 1 is 0.500 bits per heavy atom. The normalized spacial score (nSPS) is 11.4. The second-order valence-corrected chi connectivity index (χ2v) is 14.8. The molecule has 0 atom stereocenters. The lowest BCUT2D eigenvalue weighted by atomic mass is 10.2. The van der Waals surface area contributed by atoms with E-state index in [4.69, 9.17) is 66.8 Å². The first kappa shape index (κ1) is 34.4. The van der Waals surface area contributed by atoms with Crippen molar-refractivity contribution in [3.63, 3.8) is 0 Å². The molecule has 0 aliphatic heterocycles. The molecule has 8 rings (SSSR count). The van der Waals surface area contributed by atoms with Gasteiger partial charge in [0.15, 0.2) is 0 Å². The lowest BCUT2D eigenvalue weighted by Gasteiger charge is -2.13. The summed E-state index contributed by atoms with van der Waals surface area (Å²) < 4.78 is 3.39. The number of nitrogens with zero attached hydrogens (tertiary/aromatic N) is 12. The van der Waals surface area contributed by atoms with Gasteiger partial charge < -0.3 is 0 Å². The van der Waals surface area contributed by atoms with Crippen molar-refractivity contribution in [2.24, 2.45) is 0 Å². The molecule has 0 saturated carbocycles. The molecule has 52 heavy (non-hydrogen) atoms. The van der Waals surface area contributed by atoms with Crippen LogP contribution in [0, 0.1) is 0 Å². The fourth-order valence-corrected chi connectivity index (χ4v) is 8.45. The highest BCUT2D eigenvalue weighted by Crippen LogP contribution is 2.47. The molecule has 0 unspecified atom stereocenters. The Balaban J connectivity index is 1.20. The first-order valence-corrected chi connectivity index (χ1v) is 19.1. The number of tetrazole rings is 2. The quantitative estimate of drug-likeness (QED) is 0.117. The summed E-state index contributed by atoms with van der Waals surface area (Å²) in [6.07, 6.45) is 3.35. The predicted molar refractivity (Wildman–Crippen MR) is 204 cm³/mol. The Hall–Kier alpha value is -4.70. The van der Waals surface area contributed by atoms with E-state index in [9.17, 15) is 0 Å². The van der Waals surface area contributed by atoms with Crippen molar-refractivity contribution in [3.8, 4) is 34.2 Å². The summed E-state index contributed by atoms with van der Waals surface area (Å²) >= 11 is 26.4. The smallest absolute Gasteiger partial charge is 0.209 e. The number of hydrogen-bond acceptors (Lipinski definition) is 10. The average Bonchev–Trinajstić information content (AvgIpc) is 3.98. The van der Waals surface area contributed by atoms with E-state index in [-0.39, 0.29) is 0 Å². The molecule has 258 valence electrons. The molecule has 0 N–H and O–H groups in total. The molecule has 4 aromatic carbocycles. The van der Waals surface area contributed by atoms with Crippen molar-refractivity contribution in [2.45, 2.75) is 23.1 Å². The zero-order valence-electron chi connectivity index (χ0n) is 26.5. The lowest BCUT2D eigenvalue weighted by Crippen LogP contribution is -2.04. The Labute approximate surface area is 324 Å². The van der Waals surface area contributed by atoms with E-state index < -0.39 is 0 Å². The third-order valence-electron chi connectivity index (χ3n) is 7.69. The van der Waals surface area contributed by atoms with E-state index in [0.29, 0.717) is 77.4 Å². The van der Waals surface area contributed by atoms with E-state index in [1.807, 2.05) is 72.8 Å². The Kier molecular flexibility index (Phi) is 9.99. The minimum Gasteiger partial charge on any atom is -0.224 e. The van der Waals surface area contributed by atoms with Crippen LogP contribution in [0.15, 0.2) is 120 Å². The number of benzene rings is 4.